The smallest absolute Gasteiger partial charge is 0.308 e. The molecule has 1 fully saturated rings. The monoisotopic (exact) mass is 608 g/mol. The maximum Gasteiger partial charge on any atom is 0.308 e. The minimum absolute atomic E-state index is 0.111. The van der Waals surface area contributed by atoms with E-state index in [9.17, 15) is 55.2 Å². The van der Waals surface area contributed by atoms with Gasteiger partial charge in [-0.3, -0.25) is 14.4 Å². The number of rotatable bonds is 9. The summed E-state index contributed by atoms with van der Waals surface area (Å²) < 4.78 is 21.5. The fraction of sp³-hybridized carbons (Fsp3) is 0.370. The Bertz CT molecular complexity index is 1590. The van der Waals surface area contributed by atoms with Gasteiger partial charge in [0.2, 0.25) is 12.0 Å². The van der Waals surface area contributed by atoms with Gasteiger partial charge in [-0.15, -0.1) is 0 Å². The SMILES string of the molecule is CC(O)(CC(=O)O)CC(=O)OCC1OC(Oc2cc3oc(-c4ccc(O)c(O)c4)cc(=O)c3c(O)c2O)C(O)C(O)C1O. The molecule has 1 saturated heterocycles. The molecule has 0 amide bonds. The maximum absolute atomic E-state index is 12.7. The van der Waals surface area contributed by atoms with E-state index >= 15 is 0 Å². The summed E-state index contributed by atoms with van der Waals surface area (Å²) in [6.07, 6.45) is -10.6. The third-order valence-electron chi connectivity index (χ3n) is 6.57. The van der Waals surface area contributed by atoms with Gasteiger partial charge in [-0.05, 0) is 25.1 Å². The minimum Gasteiger partial charge on any atom is -0.504 e. The van der Waals surface area contributed by atoms with Crippen LogP contribution in [0.2, 0.25) is 0 Å². The predicted octanol–water partition coefficient (Wildman–Crippen LogP) is -0.372. The third-order valence-corrected chi connectivity index (χ3v) is 6.57. The van der Waals surface area contributed by atoms with E-state index in [1.165, 1.54) is 6.07 Å². The number of aliphatic hydroxyl groups is 4. The Hall–Kier alpha value is -4.61. The van der Waals surface area contributed by atoms with Crippen molar-refractivity contribution in [3.05, 3.63) is 40.6 Å². The number of aliphatic carboxylic acids is 1. The van der Waals surface area contributed by atoms with Crippen molar-refractivity contribution in [3.63, 3.8) is 0 Å². The second-order valence-corrected chi connectivity index (χ2v) is 10.2. The fourth-order valence-corrected chi connectivity index (χ4v) is 4.38. The van der Waals surface area contributed by atoms with E-state index < -0.39 is 107 Å². The van der Waals surface area contributed by atoms with Crippen LogP contribution in [0.3, 0.4) is 0 Å². The molecule has 0 aliphatic carbocycles. The standard InChI is InChI=1S/C27H28O16/c1-27(39,7-18(31)32)8-19(33)40-9-17-22(35)24(37)25(38)26(43-17)42-16-6-15-20(23(36)21(16)34)13(30)5-14(41-15)10-2-3-11(28)12(29)4-10/h2-6,17,22,24-26,28-29,34-39H,7-9H2,1H3,(H,31,32). The zero-order valence-corrected chi connectivity index (χ0v) is 22.3. The van der Waals surface area contributed by atoms with Gasteiger partial charge in [-0.1, -0.05) is 0 Å². The van der Waals surface area contributed by atoms with Crippen LogP contribution in [0.4, 0.5) is 0 Å². The Morgan fingerprint density at radius 3 is 2.28 bits per heavy atom. The summed E-state index contributed by atoms with van der Waals surface area (Å²) in [4.78, 5) is 35.7. The predicted molar refractivity (Wildman–Crippen MR) is 140 cm³/mol. The van der Waals surface area contributed by atoms with E-state index in [1.807, 2.05) is 0 Å². The lowest BCUT2D eigenvalue weighted by Gasteiger charge is -2.40. The van der Waals surface area contributed by atoms with Crippen LogP contribution in [-0.4, -0.2) is 101 Å². The van der Waals surface area contributed by atoms with Gasteiger partial charge in [0.25, 0.3) is 0 Å². The Labute approximate surface area is 240 Å². The van der Waals surface area contributed by atoms with E-state index in [0.717, 1.165) is 31.2 Å². The molecule has 1 aliphatic rings. The molecule has 4 rings (SSSR count). The van der Waals surface area contributed by atoms with Gasteiger partial charge in [-0.25, -0.2) is 0 Å². The molecule has 43 heavy (non-hydrogen) atoms. The van der Waals surface area contributed by atoms with Crippen LogP contribution in [0.5, 0.6) is 28.7 Å². The summed E-state index contributed by atoms with van der Waals surface area (Å²) in [5.41, 5.74) is -2.91. The summed E-state index contributed by atoms with van der Waals surface area (Å²) >= 11 is 0. The number of hydrogen-bond acceptors (Lipinski definition) is 15. The lowest BCUT2D eigenvalue weighted by molar-refractivity contribution is -0.278. The average Bonchev–Trinajstić information content (AvgIpc) is 2.91. The van der Waals surface area contributed by atoms with Crippen molar-refractivity contribution < 1.29 is 74.2 Å². The van der Waals surface area contributed by atoms with Crippen molar-refractivity contribution in [2.24, 2.45) is 0 Å². The number of ether oxygens (including phenoxy) is 3. The van der Waals surface area contributed by atoms with Crippen molar-refractivity contribution in [2.75, 3.05) is 6.61 Å². The average molecular weight is 609 g/mol. The second kappa shape index (κ2) is 11.9. The first-order valence-corrected chi connectivity index (χ1v) is 12.6. The molecule has 232 valence electrons. The zero-order chi connectivity index (χ0) is 31.8. The van der Waals surface area contributed by atoms with E-state index in [-0.39, 0.29) is 16.9 Å². The summed E-state index contributed by atoms with van der Waals surface area (Å²) in [6.45, 7) is 0.364. The number of aliphatic hydroxyl groups excluding tert-OH is 3. The van der Waals surface area contributed by atoms with Crippen LogP contribution >= 0.6 is 0 Å². The van der Waals surface area contributed by atoms with Crippen molar-refractivity contribution >= 4 is 22.9 Å². The van der Waals surface area contributed by atoms with Crippen LogP contribution in [0, 0.1) is 0 Å². The molecule has 1 aliphatic heterocycles. The molecule has 6 atom stereocenters. The second-order valence-electron chi connectivity index (χ2n) is 10.2. The largest absolute Gasteiger partial charge is 0.504 e. The van der Waals surface area contributed by atoms with E-state index in [1.54, 1.807) is 0 Å². The van der Waals surface area contributed by atoms with Crippen molar-refractivity contribution in [1.29, 1.82) is 0 Å². The van der Waals surface area contributed by atoms with Gasteiger partial charge in [-0.2, -0.15) is 0 Å². The summed E-state index contributed by atoms with van der Waals surface area (Å²) in [5, 5.41) is 89.9. The molecule has 16 heteroatoms. The molecule has 0 spiro atoms. The van der Waals surface area contributed by atoms with E-state index in [0.29, 0.717) is 0 Å². The van der Waals surface area contributed by atoms with E-state index in [4.69, 9.17) is 23.7 Å². The zero-order valence-electron chi connectivity index (χ0n) is 22.3. The minimum atomic E-state index is -1.95. The van der Waals surface area contributed by atoms with Crippen LogP contribution in [0.1, 0.15) is 19.8 Å². The number of hydrogen-bond donors (Lipinski definition) is 9. The number of fused-ring (bicyclic) bond motifs is 1. The highest BCUT2D eigenvalue weighted by atomic mass is 16.7. The van der Waals surface area contributed by atoms with Crippen molar-refractivity contribution in [3.8, 4) is 40.1 Å². The highest BCUT2D eigenvalue weighted by Gasteiger charge is 2.46. The topological polar surface area (TPSA) is 274 Å². The van der Waals surface area contributed by atoms with Gasteiger partial charge in [0, 0.05) is 17.7 Å². The third kappa shape index (κ3) is 6.73. The van der Waals surface area contributed by atoms with Gasteiger partial charge >= 0.3 is 11.9 Å². The van der Waals surface area contributed by atoms with Gasteiger partial charge in [0.05, 0.1) is 18.4 Å². The molecule has 6 unspecified atom stereocenters. The van der Waals surface area contributed by atoms with Crippen LogP contribution in [-0.2, 0) is 19.1 Å². The van der Waals surface area contributed by atoms with Gasteiger partial charge < -0.3 is 64.6 Å². The molecule has 2 heterocycles. The first-order chi connectivity index (χ1) is 20.1. The highest BCUT2D eigenvalue weighted by molar-refractivity contribution is 5.89. The number of carboxylic acid groups (broad SMARTS) is 1. The first-order valence-electron chi connectivity index (χ1n) is 12.6. The van der Waals surface area contributed by atoms with E-state index in [2.05, 4.69) is 0 Å². The number of carbonyl (C=O) groups is 2. The highest BCUT2D eigenvalue weighted by Crippen LogP contribution is 2.43. The number of carboxylic acids is 1. The number of carbonyl (C=O) groups excluding carboxylic acids is 1. The lowest BCUT2D eigenvalue weighted by atomic mass is 9.98. The quantitative estimate of drug-likeness (QED) is 0.111. The number of phenols is 4. The Morgan fingerprint density at radius 1 is 0.930 bits per heavy atom. The summed E-state index contributed by atoms with van der Waals surface area (Å²) in [6, 6.07) is 5.51. The molecule has 16 nitrogen and oxygen atoms in total. The molecular weight excluding hydrogens is 580 g/mol. The lowest BCUT2D eigenvalue weighted by Crippen LogP contribution is -2.60. The number of benzene rings is 2. The fourth-order valence-electron chi connectivity index (χ4n) is 4.38. The molecule has 3 aromatic rings. The van der Waals surface area contributed by atoms with Crippen LogP contribution < -0.4 is 10.2 Å². The first kappa shape index (κ1) is 31.3. The number of esters is 1. The summed E-state index contributed by atoms with van der Waals surface area (Å²) in [5.74, 6) is -6.02. The Morgan fingerprint density at radius 2 is 1.63 bits per heavy atom. The molecule has 9 N–H and O–H groups in total. The maximum atomic E-state index is 12.7. The molecule has 0 saturated carbocycles. The number of phenolic OH excluding ortho intramolecular Hbond substituents is 4. The van der Waals surface area contributed by atoms with Crippen LogP contribution in [0.25, 0.3) is 22.3 Å². The van der Waals surface area contributed by atoms with Gasteiger partial charge in [0.1, 0.15) is 47.8 Å². The molecular formula is C27H28O16. The number of aromatic hydroxyl groups is 4. The molecule has 0 radical (unpaired) electrons. The van der Waals surface area contributed by atoms with Crippen molar-refractivity contribution in [2.45, 2.75) is 56.1 Å². The molecule has 2 aromatic carbocycles. The Kier molecular flexibility index (Phi) is 8.70. The normalized spacial score (nSPS) is 23.4. The summed E-state index contributed by atoms with van der Waals surface area (Å²) in [7, 11) is 0. The van der Waals surface area contributed by atoms with Gasteiger partial charge in [0.15, 0.2) is 28.4 Å². The molecule has 1 aromatic heterocycles. The van der Waals surface area contributed by atoms with Crippen LogP contribution in [0.15, 0.2) is 39.5 Å². The molecule has 0 bridgehead atoms. The van der Waals surface area contributed by atoms with Crippen molar-refractivity contribution in [1.82, 2.24) is 0 Å². The Balaban J connectivity index is 1.57.